The van der Waals surface area contributed by atoms with Crippen molar-refractivity contribution in [3.8, 4) is 11.1 Å². The minimum atomic E-state index is -1.02. The molecule has 0 fully saturated rings. The van der Waals surface area contributed by atoms with Gasteiger partial charge in [-0.2, -0.15) is 5.10 Å². The van der Waals surface area contributed by atoms with E-state index in [1.807, 2.05) is 36.0 Å². The summed E-state index contributed by atoms with van der Waals surface area (Å²) in [5, 5.41) is 14.0. The number of rotatable bonds is 1. The molecule has 1 atom stereocenters. The van der Waals surface area contributed by atoms with Crippen LogP contribution in [0, 0.1) is 0 Å². The Morgan fingerprint density at radius 1 is 1.19 bits per heavy atom. The SMILES string of the molecule is CC(=O)N1c2ccc(-c3cnn(C(C)(C)C)c3)cc2N(C(=O)O)C[C@@H]1C. The number of aromatic nitrogens is 2. The lowest BCUT2D eigenvalue weighted by molar-refractivity contribution is -0.117. The maximum absolute atomic E-state index is 12.1. The average Bonchev–Trinajstić information content (AvgIpc) is 3.03. The van der Waals surface area contributed by atoms with Crippen LogP contribution in [0.5, 0.6) is 0 Å². The van der Waals surface area contributed by atoms with Crippen molar-refractivity contribution in [1.82, 2.24) is 9.78 Å². The van der Waals surface area contributed by atoms with Gasteiger partial charge in [-0.3, -0.25) is 14.4 Å². The zero-order valence-corrected chi connectivity index (χ0v) is 15.7. The van der Waals surface area contributed by atoms with E-state index in [9.17, 15) is 14.7 Å². The molecule has 7 nitrogen and oxygen atoms in total. The van der Waals surface area contributed by atoms with E-state index in [0.717, 1.165) is 11.1 Å². The summed E-state index contributed by atoms with van der Waals surface area (Å²) in [5.41, 5.74) is 2.77. The molecule has 0 bridgehead atoms. The first-order valence-corrected chi connectivity index (χ1v) is 8.59. The monoisotopic (exact) mass is 356 g/mol. The number of benzene rings is 1. The van der Waals surface area contributed by atoms with Gasteiger partial charge in [-0.15, -0.1) is 0 Å². The van der Waals surface area contributed by atoms with Crippen LogP contribution in [0.1, 0.15) is 34.6 Å². The maximum Gasteiger partial charge on any atom is 0.411 e. The molecule has 2 heterocycles. The van der Waals surface area contributed by atoms with Crippen LogP contribution in [-0.4, -0.2) is 39.5 Å². The lowest BCUT2D eigenvalue weighted by atomic mass is 10.0. The molecule has 26 heavy (non-hydrogen) atoms. The molecule has 138 valence electrons. The van der Waals surface area contributed by atoms with E-state index < -0.39 is 6.09 Å². The Balaban J connectivity index is 2.10. The molecule has 1 aromatic heterocycles. The minimum Gasteiger partial charge on any atom is -0.465 e. The highest BCUT2D eigenvalue weighted by Crippen LogP contribution is 2.39. The van der Waals surface area contributed by atoms with Gasteiger partial charge in [-0.25, -0.2) is 4.79 Å². The molecule has 0 aliphatic carbocycles. The van der Waals surface area contributed by atoms with Crippen LogP contribution >= 0.6 is 0 Å². The van der Waals surface area contributed by atoms with Crippen molar-refractivity contribution < 1.29 is 14.7 Å². The van der Waals surface area contributed by atoms with E-state index in [1.54, 1.807) is 11.1 Å². The third kappa shape index (κ3) is 3.05. The average molecular weight is 356 g/mol. The summed E-state index contributed by atoms with van der Waals surface area (Å²) in [7, 11) is 0. The second-order valence-corrected chi connectivity index (χ2v) is 7.68. The molecule has 2 amide bonds. The number of nitrogens with zero attached hydrogens (tertiary/aromatic N) is 4. The van der Waals surface area contributed by atoms with E-state index >= 15 is 0 Å². The molecule has 7 heteroatoms. The van der Waals surface area contributed by atoms with E-state index in [-0.39, 0.29) is 24.0 Å². The third-order valence-electron chi connectivity index (χ3n) is 4.59. The number of carboxylic acid groups (broad SMARTS) is 1. The first-order valence-electron chi connectivity index (χ1n) is 8.59. The van der Waals surface area contributed by atoms with Crippen LogP contribution in [0.4, 0.5) is 16.2 Å². The fourth-order valence-corrected chi connectivity index (χ4v) is 3.30. The van der Waals surface area contributed by atoms with Gasteiger partial charge >= 0.3 is 6.09 Å². The van der Waals surface area contributed by atoms with E-state index in [0.29, 0.717) is 11.4 Å². The van der Waals surface area contributed by atoms with Gasteiger partial charge < -0.3 is 10.0 Å². The summed E-state index contributed by atoms with van der Waals surface area (Å²) in [6, 6.07) is 5.31. The van der Waals surface area contributed by atoms with Crippen LogP contribution in [-0.2, 0) is 10.3 Å². The van der Waals surface area contributed by atoms with Crippen LogP contribution in [0.25, 0.3) is 11.1 Å². The summed E-state index contributed by atoms with van der Waals surface area (Å²) in [5.74, 6) is -0.0999. The highest BCUT2D eigenvalue weighted by Gasteiger charge is 2.33. The molecular formula is C19H24N4O3. The summed E-state index contributed by atoms with van der Waals surface area (Å²) >= 11 is 0. The van der Waals surface area contributed by atoms with Gasteiger partial charge in [0.1, 0.15) is 0 Å². The molecule has 0 saturated carbocycles. The Kier molecular flexibility index (Phi) is 4.26. The zero-order valence-electron chi connectivity index (χ0n) is 15.7. The standard InChI is InChI=1S/C19H24N4O3/c1-12-10-21(18(25)26)17-8-14(6-7-16(17)23(12)13(2)24)15-9-20-22(11-15)19(3,4)5/h6-9,11-12H,10H2,1-5H3,(H,25,26)/t12-/m0/s1. The van der Waals surface area contributed by atoms with Gasteiger partial charge in [0.2, 0.25) is 5.91 Å². The lowest BCUT2D eigenvalue weighted by Gasteiger charge is -2.39. The number of anilines is 2. The second kappa shape index (κ2) is 6.16. The van der Waals surface area contributed by atoms with Gasteiger partial charge in [0.15, 0.2) is 0 Å². The van der Waals surface area contributed by atoms with Gasteiger partial charge in [0.25, 0.3) is 0 Å². The van der Waals surface area contributed by atoms with Crippen molar-refractivity contribution in [2.45, 2.75) is 46.2 Å². The van der Waals surface area contributed by atoms with Crippen molar-refractivity contribution in [2.75, 3.05) is 16.3 Å². The molecule has 1 aromatic carbocycles. The molecule has 1 aliphatic heterocycles. The van der Waals surface area contributed by atoms with E-state index in [1.165, 1.54) is 11.8 Å². The highest BCUT2D eigenvalue weighted by atomic mass is 16.4. The Bertz CT molecular complexity index is 866. The van der Waals surface area contributed by atoms with E-state index in [2.05, 4.69) is 25.9 Å². The van der Waals surface area contributed by atoms with Crippen molar-refractivity contribution in [3.63, 3.8) is 0 Å². The summed E-state index contributed by atoms with van der Waals surface area (Å²) in [6.45, 7) is 9.78. The molecule has 3 rings (SSSR count). The van der Waals surface area contributed by atoms with Crippen molar-refractivity contribution in [3.05, 3.63) is 30.6 Å². The van der Waals surface area contributed by atoms with Crippen molar-refractivity contribution >= 4 is 23.4 Å². The van der Waals surface area contributed by atoms with Crippen LogP contribution in [0.2, 0.25) is 0 Å². The van der Waals surface area contributed by atoms with Crippen molar-refractivity contribution in [2.24, 2.45) is 0 Å². The molecule has 1 N–H and O–H groups in total. The fourth-order valence-electron chi connectivity index (χ4n) is 3.30. The molecule has 0 spiro atoms. The van der Waals surface area contributed by atoms with Gasteiger partial charge in [0.05, 0.1) is 29.2 Å². The molecule has 0 unspecified atom stereocenters. The Morgan fingerprint density at radius 2 is 1.88 bits per heavy atom. The minimum absolute atomic E-state index is 0.0999. The summed E-state index contributed by atoms with van der Waals surface area (Å²) < 4.78 is 1.88. The Hall–Kier alpha value is -2.83. The van der Waals surface area contributed by atoms with Crippen LogP contribution in [0.3, 0.4) is 0 Å². The molecule has 0 saturated heterocycles. The second-order valence-electron chi connectivity index (χ2n) is 7.68. The Labute approximate surface area is 152 Å². The van der Waals surface area contributed by atoms with Crippen LogP contribution in [0.15, 0.2) is 30.6 Å². The lowest BCUT2D eigenvalue weighted by Crippen LogP contribution is -2.51. The molecular weight excluding hydrogens is 332 g/mol. The topological polar surface area (TPSA) is 78.7 Å². The third-order valence-corrected chi connectivity index (χ3v) is 4.59. The predicted molar refractivity (Wildman–Crippen MR) is 101 cm³/mol. The van der Waals surface area contributed by atoms with Gasteiger partial charge in [0, 0.05) is 25.2 Å². The predicted octanol–water partition coefficient (Wildman–Crippen LogP) is 3.54. The first kappa shape index (κ1) is 18.0. The number of hydrogen-bond acceptors (Lipinski definition) is 3. The van der Waals surface area contributed by atoms with Gasteiger partial charge in [-0.05, 0) is 45.4 Å². The number of fused-ring (bicyclic) bond motifs is 1. The largest absolute Gasteiger partial charge is 0.465 e. The number of carbonyl (C=O) groups is 2. The van der Waals surface area contributed by atoms with Crippen molar-refractivity contribution in [1.29, 1.82) is 0 Å². The van der Waals surface area contributed by atoms with E-state index in [4.69, 9.17) is 0 Å². The Morgan fingerprint density at radius 3 is 2.42 bits per heavy atom. The molecule has 0 radical (unpaired) electrons. The molecule has 2 aromatic rings. The summed E-state index contributed by atoms with van der Waals surface area (Å²) in [6.07, 6.45) is 2.69. The highest BCUT2D eigenvalue weighted by molar-refractivity contribution is 6.02. The normalized spacial score (nSPS) is 17.2. The summed E-state index contributed by atoms with van der Waals surface area (Å²) in [4.78, 5) is 26.7. The fraction of sp³-hybridized carbons (Fsp3) is 0.421. The quantitative estimate of drug-likeness (QED) is 0.847. The zero-order chi connectivity index (χ0) is 19.2. The number of amides is 2. The smallest absolute Gasteiger partial charge is 0.411 e. The molecule has 1 aliphatic rings. The first-order chi connectivity index (χ1) is 12.1. The van der Waals surface area contributed by atoms with Gasteiger partial charge in [-0.1, -0.05) is 6.07 Å². The van der Waals surface area contributed by atoms with Crippen LogP contribution < -0.4 is 9.80 Å². The number of carbonyl (C=O) groups excluding carboxylic acids is 1. The number of hydrogen-bond donors (Lipinski definition) is 1. The maximum atomic E-state index is 12.1.